The summed E-state index contributed by atoms with van der Waals surface area (Å²) in [6.07, 6.45) is 1.11. The molecule has 2 aromatic carbocycles. The number of benzene rings is 2. The highest BCUT2D eigenvalue weighted by Crippen LogP contribution is 2.19. The van der Waals surface area contributed by atoms with Gasteiger partial charge in [0.2, 0.25) is 10.0 Å². The number of nitrogens with one attached hydrogen (secondary N) is 1. The summed E-state index contributed by atoms with van der Waals surface area (Å²) in [6, 6.07) is 10.8. The third-order valence-corrected chi connectivity index (χ3v) is 6.50. The molecular weight excluding hydrogens is 390 g/mol. The van der Waals surface area contributed by atoms with Gasteiger partial charge in [-0.25, -0.2) is 26.4 Å². The Morgan fingerprint density at radius 3 is 1.96 bits per heavy atom. The fraction of sp³-hybridized carbons (Fsp3) is 0.278. The molecule has 0 bridgehead atoms. The quantitative estimate of drug-likeness (QED) is 0.701. The van der Waals surface area contributed by atoms with Crippen molar-refractivity contribution in [3.05, 3.63) is 59.7 Å². The summed E-state index contributed by atoms with van der Waals surface area (Å²) in [5.74, 6) is -0.520. The van der Waals surface area contributed by atoms with E-state index in [-0.39, 0.29) is 22.0 Å². The SMILES string of the molecule is CCOC(=O)c1ccc(S(=O)(=O)N[C@@H](C)c2ccc(S(C)(=O)=O)cc2)cc1. The topological polar surface area (TPSA) is 107 Å². The monoisotopic (exact) mass is 411 g/mol. The number of sulfonamides is 1. The molecular formula is C18H21NO6S2. The molecule has 1 atom stereocenters. The van der Waals surface area contributed by atoms with Crippen LogP contribution in [0, 0.1) is 0 Å². The second-order valence-corrected chi connectivity index (χ2v) is 9.66. The number of ether oxygens (including phenoxy) is 1. The van der Waals surface area contributed by atoms with Gasteiger partial charge >= 0.3 is 5.97 Å². The maximum absolute atomic E-state index is 12.5. The second kappa shape index (κ2) is 8.20. The maximum Gasteiger partial charge on any atom is 0.338 e. The van der Waals surface area contributed by atoms with Crippen LogP contribution in [0.15, 0.2) is 58.3 Å². The standard InChI is InChI=1S/C18H21NO6S2/c1-4-25-18(20)15-7-11-17(12-8-15)27(23,24)19-13(2)14-5-9-16(10-6-14)26(3,21)22/h5-13,19H,4H2,1-3H3/t13-/m0/s1. The van der Waals surface area contributed by atoms with Crippen molar-refractivity contribution in [3.63, 3.8) is 0 Å². The Morgan fingerprint density at radius 2 is 1.48 bits per heavy atom. The van der Waals surface area contributed by atoms with Crippen molar-refractivity contribution in [1.82, 2.24) is 4.72 Å². The van der Waals surface area contributed by atoms with E-state index in [1.807, 2.05) is 0 Å². The first-order valence-corrected chi connectivity index (χ1v) is 11.5. The molecule has 146 valence electrons. The van der Waals surface area contributed by atoms with Gasteiger partial charge in [0.25, 0.3) is 0 Å². The summed E-state index contributed by atoms with van der Waals surface area (Å²) in [4.78, 5) is 11.8. The lowest BCUT2D eigenvalue weighted by atomic mass is 10.1. The fourth-order valence-corrected chi connectivity index (χ4v) is 4.22. The van der Waals surface area contributed by atoms with E-state index < -0.39 is 31.9 Å². The van der Waals surface area contributed by atoms with E-state index in [9.17, 15) is 21.6 Å². The van der Waals surface area contributed by atoms with Gasteiger partial charge in [0.15, 0.2) is 9.84 Å². The molecule has 0 spiro atoms. The summed E-state index contributed by atoms with van der Waals surface area (Å²) >= 11 is 0. The molecule has 0 radical (unpaired) electrons. The van der Waals surface area contributed by atoms with Gasteiger partial charge in [-0.15, -0.1) is 0 Å². The van der Waals surface area contributed by atoms with E-state index in [2.05, 4.69) is 4.72 Å². The number of sulfone groups is 1. The normalized spacial score (nSPS) is 13.1. The Labute approximate surface area is 159 Å². The van der Waals surface area contributed by atoms with Crippen molar-refractivity contribution < 1.29 is 26.4 Å². The number of carbonyl (C=O) groups is 1. The molecule has 0 saturated carbocycles. The predicted octanol–water partition coefficient (Wildman–Crippen LogP) is 2.31. The first-order chi connectivity index (χ1) is 12.5. The van der Waals surface area contributed by atoms with E-state index in [1.165, 1.54) is 36.4 Å². The molecule has 0 aliphatic carbocycles. The van der Waals surface area contributed by atoms with Crippen molar-refractivity contribution in [1.29, 1.82) is 0 Å². The van der Waals surface area contributed by atoms with Crippen LogP contribution in [0.2, 0.25) is 0 Å². The van der Waals surface area contributed by atoms with Gasteiger partial charge in [-0.05, 0) is 55.8 Å². The first kappa shape index (κ1) is 21.1. The fourth-order valence-electron chi connectivity index (χ4n) is 2.36. The minimum Gasteiger partial charge on any atom is -0.462 e. The average molecular weight is 412 g/mol. The molecule has 2 rings (SSSR count). The Bertz CT molecular complexity index is 1010. The lowest BCUT2D eigenvalue weighted by molar-refractivity contribution is 0.0526. The van der Waals surface area contributed by atoms with Crippen molar-refractivity contribution >= 4 is 25.8 Å². The third-order valence-electron chi connectivity index (χ3n) is 3.82. The van der Waals surface area contributed by atoms with Gasteiger partial charge in [-0.1, -0.05) is 12.1 Å². The Morgan fingerprint density at radius 1 is 0.963 bits per heavy atom. The first-order valence-electron chi connectivity index (χ1n) is 8.14. The lowest BCUT2D eigenvalue weighted by Gasteiger charge is -2.15. The molecule has 0 aliphatic rings. The van der Waals surface area contributed by atoms with E-state index in [4.69, 9.17) is 4.74 Å². The van der Waals surface area contributed by atoms with Crippen molar-refractivity contribution in [2.24, 2.45) is 0 Å². The summed E-state index contributed by atoms with van der Waals surface area (Å²) in [6.45, 7) is 3.57. The number of hydrogen-bond acceptors (Lipinski definition) is 6. The van der Waals surface area contributed by atoms with Gasteiger partial charge in [0.1, 0.15) is 0 Å². The number of esters is 1. The summed E-state index contributed by atoms with van der Waals surface area (Å²) in [7, 11) is -7.14. The van der Waals surface area contributed by atoms with Crippen LogP contribution in [0.25, 0.3) is 0 Å². The predicted molar refractivity (Wildman–Crippen MR) is 101 cm³/mol. The molecule has 1 N–H and O–H groups in total. The Kier molecular flexibility index (Phi) is 6.40. The molecule has 0 unspecified atom stereocenters. The van der Waals surface area contributed by atoms with Crippen molar-refractivity contribution in [2.45, 2.75) is 29.7 Å². The van der Waals surface area contributed by atoms with Crippen LogP contribution in [0.5, 0.6) is 0 Å². The minimum absolute atomic E-state index is 0.00940. The van der Waals surface area contributed by atoms with Gasteiger partial charge < -0.3 is 4.74 Å². The molecule has 7 nitrogen and oxygen atoms in total. The number of hydrogen-bond donors (Lipinski definition) is 1. The largest absolute Gasteiger partial charge is 0.462 e. The van der Waals surface area contributed by atoms with E-state index in [1.54, 1.807) is 26.0 Å². The zero-order valence-electron chi connectivity index (χ0n) is 15.2. The van der Waals surface area contributed by atoms with Crippen LogP contribution in [0.1, 0.15) is 35.8 Å². The van der Waals surface area contributed by atoms with Crippen LogP contribution in [-0.2, 0) is 24.6 Å². The highest BCUT2D eigenvalue weighted by Gasteiger charge is 2.19. The van der Waals surface area contributed by atoms with Crippen LogP contribution in [-0.4, -0.2) is 35.7 Å². The molecule has 0 aromatic heterocycles. The van der Waals surface area contributed by atoms with Crippen LogP contribution in [0.4, 0.5) is 0 Å². The van der Waals surface area contributed by atoms with Crippen LogP contribution in [0.3, 0.4) is 0 Å². The van der Waals surface area contributed by atoms with Gasteiger partial charge in [0, 0.05) is 12.3 Å². The van der Waals surface area contributed by atoms with Gasteiger partial charge in [0.05, 0.1) is 22.0 Å². The van der Waals surface area contributed by atoms with E-state index >= 15 is 0 Å². The number of carbonyl (C=O) groups excluding carboxylic acids is 1. The van der Waals surface area contributed by atoms with Crippen molar-refractivity contribution in [3.8, 4) is 0 Å². The Hall–Kier alpha value is -2.23. The maximum atomic E-state index is 12.5. The molecule has 2 aromatic rings. The summed E-state index contributed by atoms with van der Waals surface area (Å²) < 4.78 is 55.4. The van der Waals surface area contributed by atoms with Gasteiger partial charge in [-0.3, -0.25) is 0 Å². The molecule has 0 amide bonds. The molecule has 0 fully saturated rings. The smallest absolute Gasteiger partial charge is 0.338 e. The third kappa shape index (κ3) is 5.38. The van der Waals surface area contributed by atoms with Crippen LogP contribution < -0.4 is 4.72 Å². The highest BCUT2D eigenvalue weighted by atomic mass is 32.2. The minimum atomic E-state index is -3.82. The summed E-state index contributed by atoms with van der Waals surface area (Å²) in [5.41, 5.74) is 0.884. The average Bonchev–Trinajstić information content (AvgIpc) is 2.61. The van der Waals surface area contributed by atoms with Crippen LogP contribution >= 0.6 is 0 Å². The van der Waals surface area contributed by atoms with E-state index in [0.29, 0.717) is 5.56 Å². The summed E-state index contributed by atoms with van der Waals surface area (Å²) in [5, 5.41) is 0. The molecule has 0 saturated heterocycles. The van der Waals surface area contributed by atoms with E-state index in [0.717, 1.165) is 6.26 Å². The van der Waals surface area contributed by atoms with Crippen molar-refractivity contribution in [2.75, 3.05) is 12.9 Å². The molecule has 0 aliphatic heterocycles. The number of rotatable bonds is 7. The second-order valence-electron chi connectivity index (χ2n) is 5.93. The molecule has 27 heavy (non-hydrogen) atoms. The molecule has 0 heterocycles. The lowest BCUT2D eigenvalue weighted by Crippen LogP contribution is -2.27. The Balaban J connectivity index is 2.16. The van der Waals surface area contributed by atoms with Gasteiger partial charge in [-0.2, -0.15) is 0 Å². The zero-order chi connectivity index (χ0) is 20.2. The highest BCUT2D eigenvalue weighted by molar-refractivity contribution is 7.90. The molecule has 9 heteroatoms. The zero-order valence-corrected chi connectivity index (χ0v) is 16.8.